The first-order chi connectivity index (χ1) is 14.0. The minimum Gasteiger partial charge on any atom is -0.497 e. The van der Waals surface area contributed by atoms with E-state index in [2.05, 4.69) is 10.4 Å². The third kappa shape index (κ3) is 4.38. The number of nitrogens with zero attached hydrogens (tertiary/aromatic N) is 2. The molecule has 29 heavy (non-hydrogen) atoms. The van der Waals surface area contributed by atoms with Gasteiger partial charge in [0.15, 0.2) is 0 Å². The summed E-state index contributed by atoms with van der Waals surface area (Å²) in [5.74, 6) is 1.05. The van der Waals surface area contributed by atoms with E-state index in [1.807, 2.05) is 44.2 Å². The molecule has 3 rings (SSSR count). The fourth-order valence-corrected chi connectivity index (χ4v) is 3.11. The summed E-state index contributed by atoms with van der Waals surface area (Å²) in [6.45, 7) is 3.98. The first-order valence-corrected chi connectivity index (χ1v) is 9.74. The van der Waals surface area contributed by atoms with Crippen LogP contribution in [0, 0.1) is 0 Å². The highest BCUT2D eigenvalue weighted by Crippen LogP contribution is 2.34. The van der Waals surface area contributed by atoms with Crippen LogP contribution in [0.4, 0.5) is 0 Å². The number of rotatable bonds is 7. The molecule has 1 amide bonds. The maximum Gasteiger partial charge on any atom is 0.270 e. The summed E-state index contributed by atoms with van der Waals surface area (Å²) in [6, 6.07) is 14.5. The van der Waals surface area contributed by atoms with Crippen LogP contribution in [-0.4, -0.2) is 35.9 Å². The van der Waals surface area contributed by atoms with Crippen molar-refractivity contribution in [3.8, 4) is 28.4 Å². The average Bonchev–Trinajstić information content (AvgIpc) is 3.18. The van der Waals surface area contributed by atoms with E-state index >= 15 is 0 Å². The lowest BCUT2D eigenvalue weighted by atomic mass is 10.1. The van der Waals surface area contributed by atoms with Crippen LogP contribution in [0.5, 0.6) is 11.5 Å². The van der Waals surface area contributed by atoms with Crippen LogP contribution < -0.4 is 14.8 Å². The number of aromatic nitrogens is 2. The zero-order valence-electron chi connectivity index (χ0n) is 16.9. The standard InChI is InChI=1S/C22H24ClN3O3/c1-5-14(2)24-22(27)20-13-18(16-11-10-15(28-3)12-21(16)29-4)25-26(20)19-9-7-6-8-17(19)23/h6-14H,5H2,1-4H3,(H,24,27)/t14-/m1/s1. The molecule has 0 aliphatic heterocycles. The molecule has 3 aromatic rings. The van der Waals surface area contributed by atoms with Crippen LogP contribution in [0.15, 0.2) is 48.5 Å². The maximum atomic E-state index is 13.0. The van der Waals surface area contributed by atoms with Gasteiger partial charge in [0.1, 0.15) is 17.2 Å². The Kier molecular flexibility index (Phi) is 6.44. The van der Waals surface area contributed by atoms with Crippen LogP contribution in [0.25, 0.3) is 16.9 Å². The Balaban J connectivity index is 2.15. The summed E-state index contributed by atoms with van der Waals surface area (Å²) < 4.78 is 12.3. The van der Waals surface area contributed by atoms with Crippen molar-refractivity contribution < 1.29 is 14.3 Å². The van der Waals surface area contributed by atoms with E-state index < -0.39 is 0 Å². The Morgan fingerprint density at radius 3 is 2.59 bits per heavy atom. The molecule has 1 aromatic heterocycles. The number of amides is 1. The monoisotopic (exact) mass is 413 g/mol. The highest BCUT2D eigenvalue weighted by atomic mass is 35.5. The average molecular weight is 414 g/mol. The fraction of sp³-hybridized carbons (Fsp3) is 0.273. The summed E-state index contributed by atoms with van der Waals surface area (Å²) in [5.41, 5.74) is 2.36. The molecule has 0 unspecified atom stereocenters. The Labute approximate surface area is 175 Å². The van der Waals surface area contributed by atoms with Crippen LogP contribution in [-0.2, 0) is 0 Å². The largest absolute Gasteiger partial charge is 0.497 e. The van der Waals surface area contributed by atoms with Crippen LogP contribution in [0.1, 0.15) is 30.8 Å². The number of carbonyl (C=O) groups excluding carboxylic acids is 1. The zero-order chi connectivity index (χ0) is 21.0. The van der Waals surface area contributed by atoms with Gasteiger partial charge in [-0.05, 0) is 43.7 Å². The van der Waals surface area contributed by atoms with Gasteiger partial charge in [-0.15, -0.1) is 0 Å². The molecule has 1 heterocycles. The van der Waals surface area contributed by atoms with Gasteiger partial charge in [-0.1, -0.05) is 30.7 Å². The molecule has 7 heteroatoms. The first kappa shape index (κ1) is 20.7. The topological polar surface area (TPSA) is 65.4 Å². The van der Waals surface area contributed by atoms with Crippen LogP contribution >= 0.6 is 11.6 Å². The number of para-hydroxylation sites is 1. The van der Waals surface area contributed by atoms with Gasteiger partial charge < -0.3 is 14.8 Å². The molecule has 1 N–H and O–H groups in total. The van der Waals surface area contributed by atoms with Crippen LogP contribution in [0.2, 0.25) is 5.02 Å². The second kappa shape index (κ2) is 9.01. The lowest BCUT2D eigenvalue weighted by molar-refractivity contribution is 0.0931. The predicted octanol–water partition coefficient (Wildman–Crippen LogP) is 4.74. The highest BCUT2D eigenvalue weighted by molar-refractivity contribution is 6.32. The molecular weight excluding hydrogens is 390 g/mol. The summed E-state index contributed by atoms with van der Waals surface area (Å²) in [6.07, 6.45) is 0.825. The molecule has 0 saturated heterocycles. The van der Waals surface area contributed by atoms with Gasteiger partial charge in [-0.25, -0.2) is 4.68 Å². The number of ether oxygens (including phenoxy) is 2. The van der Waals surface area contributed by atoms with Gasteiger partial charge in [-0.2, -0.15) is 5.10 Å². The molecule has 0 radical (unpaired) electrons. The summed E-state index contributed by atoms with van der Waals surface area (Å²) >= 11 is 6.39. The minimum absolute atomic E-state index is 0.0380. The van der Waals surface area contributed by atoms with Crippen LogP contribution in [0.3, 0.4) is 0 Å². The number of methoxy groups -OCH3 is 2. The lowest BCUT2D eigenvalue weighted by Gasteiger charge is -2.13. The highest BCUT2D eigenvalue weighted by Gasteiger charge is 2.21. The van der Waals surface area contributed by atoms with E-state index in [-0.39, 0.29) is 11.9 Å². The minimum atomic E-state index is -0.217. The van der Waals surface area contributed by atoms with E-state index in [0.717, 1.165) is 12.0 Å². The molecule has 2 aromatic carbocycles. The number of hydrogen-bond acceptors (Lipinski definition) is 4. The van der Waals surface area contributed by atoms with Gasteiger partial charge in [0.2, 0.25) is 0 Å². The third-order valence-electron chi connectivity index (χ3n) is 4.70. The van der Waals surface area contributed by atoms with Crippen molar-refractivity contribution in [2.24, 2.45) is 0 Å². The third-order valence-corrected chi connectivity index (χ3v) is 5.02. The second-order valence-corrected chi connectivity index (χ2v) is 7.03. The van der Waals surface area contributed by atoms with Gasteiger partial charge in [0.25, 0.3) is 5.91 Å². The van der Waals surface area contributed by atoms with Crippen molar-refractivity contribution in [3.63, 3.8) is 0 Å². The van der Waals surface area contributed by atoms with Crippen molar-refractivity contribution >= 4 is 17.5 Å². The summed E-state index contributed by atoms with van der Waals surface area (Å²) in [4.78, 5) is 13.0. The van der Waals surface area contributed by atoms with E-state index in [1.54, 1.807) is 37.1 Å². The van der Waals surface area contributed by atoms with E-state index in [9.17, 15) is 4.79 Å². The molecule has 0 bridgehead atoms. The van der Waals surface area contributed by atoms with E-state index in [0.29, 0.717) is 33.6 Å². The Hall–Kier alpha value is -2.99. The van der Waals surface area contributed by atoms with Crippen molar-refractivity contribution in [3.05, 3.63) is 59.2 Å². The van der Waals surface area contributed by atoms with Gasteiger partial charge in [0, 0.05) is 17.7 Å². The van der Waals surface area contributed by atoms with Gasteiger partial charge in [-0.3, -0.25) is 4.79 Å². The van der Waals surface area contributed by atoms with E-state index in [4.69, 9.17) is 21.1 Å². The molecule has 0 fully saturated rings. The molecule has 0 aliphatic rings. The number of carbonyl (C=O) groups is 1. The molecule has 152 valence electrons. The Bertz CT molecular complexity index is 1020. The number of halogens is 1. The summed E-state index contributed by atoms with van der Waals surface area (Å²) in [5, 5.41) is 8.17. The van der Waals surface area contributed by atoms with Crippen molar-refractivity contribution in [1.29, 1.82) is 0 Å². The smallest absolute Gasteiger partial charge is 0.270 e. The number of nitrogens with one attached hydrogen (secondary N) is 1. The number of hydrogen-bond donors (Lipinski definition) is 1. The summed E-state index contributed by atoms with van der Waals surface area (Å²) in [7, 11) is 3.18. The normalized spacial score (nSPS) is 11.8. The van der Waals surface area contributed by atoms with Crippen molar-refractivity contribution in [2.45, 2.75) is 26.3 Å². The first-order valence-electron chi connectivity index (χ1n) is 9.36. The SMILES string of the molecule is CC[C@@H](C)NC(=O)c1cc(-c2ccc(OC)cc2OC)nn1-c1ccccc1Cl. The lowest BCUT2D eigenvalue weighted by Crippen LogP contribution is -2.33. The number of benzene rings is 2. The Morgan fingerprint density at radius 1 is 1.17 bits per heavy atom. The zero-order valence-corrected chi connectivity index (χ0v) is 17.7. The molecule has 1 atom stereocenters. The second-order valence-electron chi connectivity index (χ2n) is 6.63. The fourth-order valence-electron chi connectivity index (χ4n) is 2.89. The van der Waals surface area contributed by atoms with Crippen molar-refractivity contribution in [1.82, 2.24) is 15.1 Å². The Morgan fingerprint density at radius 2 is 1.93 bits per heavy atom. The quantitative estimate of drug-likeness (QED) is 0.607. The maximum absolute atomic E-state index is 13.0. The van der Waals surface area contributed by atoms with Gasteiger partial charge in [0.05, 0.1) is 30.6 Å². The van der Waals surface area contributed by atoms with E-state index in [1.165, 1.54) is 0 Å². The molecular formula is C22H24ClN3O3. The van der Waals surface area contributed by atoms with Gasteiger partial charge >= 0.3 is 0 Å². The predicted molar refractivity (Wildman–Crippen MR) is 114 cm³/mol. The van der Waals surface area contributed by atoms with Crippen molar-refractivity contribution in [2.75, 3.05) is 14.2 Å². The molecule has 0 spiro atoms. The molecule has 6 nitrogen and oxygen atoms in total. The molecule has 0 saturated carbocycles. The molecule has 0 aliphatic carbocycles.